The van der Waals surface area contributed by atoms with Crippen molar-refractivity contribution >= 4 is 29.2 Å². The molecule has 0 aliphatic carbocycles. The van der Waals surface area contributed by atoms with E-state index in [2.05, 4.69) is 10.6 Å². The molecule has 3 N–H and O–H groups in total. The summed E-state index contributed by atoms with van der Waals surface area (Å²) in [4.78, 5) is 33.3. The van der Waals surface area contributed by atoms with Gasteiger partial charge in [0.1, 0.15) is 5.92 Å². The first kappa shape index (κ1) is 14.7. The number of hydrogen-bond acceptors (Lipinski definition) is 3. The second-order valence-electron chi connectivity index (χ2n) is 4.26. The van der Waals surface area contributed by atoms with Crippen LogP contribution in [-0.4, -0.2) is 22.9 Å². The second-order valence-corrected chi connectivity index (χ2v) is 4.26. The minimum Gasteiger partial charge on any atom is -0.481 e. The lowest BCUT2D eigenvalue weighted by Gasteiger charge is -2.12. The molecule has 1 unspecified atom stereocenters. The fourth-order valence-electron chi connectivity index (χ4n) is 1.39. The van der Waals surface area contributed by atoms with Gasteiger partial charge in [-0.05, 0) is 31.5 Å². The van der Waals surface area contributed by atoms with Crippen LogP contribution in [0.1, 0.15) is 19.4 Å². The van der Waals surface area contributed by atoms with Crippen molar-refractivity contribution in [3.05, 3.63) is 23.8 Å². The summed E-state index contributed by atoms with van der Waals surface area (Å²) in [6.45, 7) is 4.47. The van der Waals surface area contributed by atoms with Crippen molar-refractivity contribution < 1.29 is 19.5 Å². The van der Waals surface area contributed by atoms with Gasteiger partial charge in [-0.1, -0.05) is 6.07 Å². The predicted molar refractivity (Wildman–Crippen MR) is 70.9 cm³/mol. The molecule has 0 aliphatic rings. The highest BCUT2D eigenvalue weighted by Crippen LogP contribution is 2.21. The number of nitrogens with one attached hydrogen (secondary N) is 2. The van der Waals surface area contributed by atoms with E-state index in [0.717, 1.165) is 5.56 Å². The summed E-state index contributed by atoms with van der Waals surface area (Å²) in [6, 6.07) is 5.02. The summed E-state index contributed by atoms with van der Waals surface area (Å²) < 4.78 is 0. The largest absolute Gasteiger partial charge is 0.481 e. The average molecular weight is 264 g/mol. The van der Waals surface area contributed by atoms with Gasteiger partial charge in [0.05, 0.1) is 0 Å². The number of carbonyl (C=O) groups is 3. The third kappa shape index (κ3) is 4.09. The summed E-state index contributed by atoms with van der Waals surface area (Å²) in [7, 11) is 0. The Bertz CT molecular complexity index is 525. The van der Waals surface area contributed by atoms with E-state index in [0.29, 0.717) is 11.4 Å². The fraction of sp³-hybridized carbons (Fsp3) is 0.308. The Morgan fingerprint density at radius 2 is 1.84 bits per heavy atom. The molecule has 6 heteroatoms. The summed E-state index contributed by atoms with van der Waals surface area (Å²) in [6.07, 6.45) is 0. The zero-order chi connectivity index (χ0) is 14.6. The normalized spacial score (nSPS) is 11.5. The van der Waals surface area contributed by atoms with E-state index >= 15 is 0 Å². The van der Waals surface area contributed by atoms with Crippen molar-refractivity contribution in [2.75, 3.05) is 10.6 Å². The highest BCUT2D eigenvalue weighted by atomic mass is 16.4. The summed E-state index contributed by atoms with van der Waals surface area (Å²) in [5.41, 5.74) is 1.79. The number of aliphatic carboxylic acids is 1. The molecule has 0 saturated heterocycles. The van der Waals surface area contributed by atoms with E-state index in [1.807, 2.05) is 0 Å². The highest BCUT2D eigenvalue weighted by molar-refractivity contribution is 6.04. The second kappa shape index (κ2) is 5.99. The minimum absolute atomic E-state index is 0.222. The fourth-order valence-corrected chi connectivity index (χ4v) is 1.39. The number of aryl methyl sites for hydroxylation is 1. The predicted octanol–water partition coefficient (Wildman–Crippen LogP) is 1.61. The van der Waals surface area contributed by atoms with Crippen molar-refractivity contribution in [3.63, 3.8) is 0 Å². The molecule has 0 aromatic heterocycles. The van der Waals surface area contributed by atoms with Gasteiger partial charge in [0.25, 0.3) is 0 Å². The summed E-state index contributed by atoms with van der Waals surface area (Å²) in [5, 5.41) is 13.9. The molecule has 0 aliphatic heterocycles. The van der Waals surface area contributed by atoms with Crippen LogP contribution in [0.2, 0.25) is 0 Å². The number of benzene rings is 1. The van der Waals surface area contributed by atoms with E-state index in [4.69, 9.17) is 5.11 Å². The molecule has 0 bridgehead atoms. The molecule has 102 valence electrons. The first-order valence-corrected chi connectivity index (χ1v) is 5.73. The molecule has 0 spiro atoms. The van der Waals surface area contributed by atoms with Crippen LogP contribution in [0.3, 0.4) is 0 Å². The Morgan fingerprint density at radius 3 is 2.37 bits per heavy atom. The van der Waals surface area contributed by atoms with Crippen LogP contribution in [0.4, 0.5) is 11.4 Å². The smallest absolute Gasteiger partial charge is 0.315 e. The quantitative estimate of drug-likeness (QED) is 0.720. The van der Waals surface area contributed by atoms with Gasteiger partial charge < -0.3 is 15.7 Å². The number of amides is 2. The van der Waals surface area contributed by atoms with E-state index in [1.165, 1.54) is 13.8 Å². The van der Waals surface area contributed by atoms with Crippen LogP contribution in [0.25, 0.3) is 0 Å². The summed E-state index contributed by atoms with van der Waals surface area (Å²) in [5.74, 6) is -3.15. The van der Waals surface area contributed by atoms with Gasteiger partial charge in [0, 0.05) is 18.3 Å². The molecular formula is C13H16N2O4. The van der Waals surface area contributed by atoms with Gasteiger partial charge >= 0.3 is 5.97 Å². The number of rotatable bonds is 4. The van der Waals surface area contributed by atoms with Gasteiger partial charge in [0.15, 0.2) is 0 Å². The number of anilines is 2. The molecule has 1 aromatic rings. The third-order valence-electron chi connectivity index (χ3n) is 2.58. The lowest BCUT2D eigenvalue weighted by atomic mass is 10.1. The van der Waals surface area contributed by atoms with Gasteiger partial charge in [-0.15, -0.1) is 0 Å². The summed E-state index contributed by atoms with van der Waals surface area (Å²) >= 11 is 0. The highest BCUT2D eigenvalue weighted by Gasteiger charge is 2.20. The van der Waals surface area contributed by atoms with Crippen LogP contribution in [-0.2, 0) is 14.4 Å². The molecule has 0 radical (unpaired) electrons. The Balaban J connectivity index is 2.91. The lowest BCUT2D eigenvalue weighted by molar-refractivity contribution is -0.144. The van der Waals surface area contributed by atoms with Crippen molar-refractivity contribution in [3.8, 4) is 0 Å². The molecule has 19 heavy (non-hydrogen) atoms. The molecule has 0 fully saturated rings. The maximum atomic E-state index is 11.7. The van der Waals surface area contributed by atoms with Crippen molar-refractivity contribution in [2.24, 2.45) is 5.92 Å². The van der Waals surface area contributed by atoms with Crippen molar-refractivity contribution in [2.45, 2.75) is 20.8 Å². The number of carbonyl (C=O) groups excluding carboxylic acids is 2. The number of carboxylic acids is 1. The van der Waals surface area contributed by atoms with E-state index in [-0.39, 0.29) is 5.91 Å². The van der Waals surface area contributed by atoms with Gasteiger partial charge in [-0.2, -0.15) is 0 Å². The number of carboxylic acid groups (broad SMARTS) is 1. The Morgan fingerprint density at radius 1 is 1.21 bits per heavy atom. The van der Waals surface area contributed by atoms with E-state index in [1.54, 1.807) is 25.1 Å². The van der Waals surface area contributed by atoms with Crippen molar-refractivity contribution in [1.29, 1.82) is 0 Å². The molecule has 1 aromatic carbocycles. The van der Waals surface area contributed by atoms with Gasteiger partial charge in [0.2, 0.25) is 11.8 Å². The third-order valence-corrected chi connectivity index (χ3v) is 2.58. The Kier molecular flexibility index (Phi) is 4.63. The minimum atomic E-state index is -1.19. The maximum Gasteiger partial charge on any atom is 0.315 e. The average Bonchev–Trinajstić information content (AvgIpc) is 2.31. The molecule has 0 saturated carbocycles. The van der Waals surface area contributed by atoms with Crippen LogP contribution in [0, 0.1) is 12.8 Å². The first-order chi connectivity index (χ1) is 8.81. The SMILES string of the molecule is CC(=O)Nc1ccc(C)c(NC(=O)C(C)C(=O)O)c1. The van der Waals surface area contributed by atoms with Gasteiger partial charge in [-0.3, -0.25) is 14.4 Å². The lowest BCUT2D eigenvalue weighted by Crippen LogP contribution is -2.27. The van der Waals surface area contributed by atoms with Crippen LogP contribution < -0.4 is 10.6 Å². The Labute approximate surface area is 110 Å². The maximum absolute atomic E-state index is 11.7. The Hall–Kier alpha value is -2.37. The first-order valence-electron chi connectivity index (χ1n) is 5.73. The zero-order valence-electron chi connectivity index (χ0n) is 11.0. The van der Waals surface area contributed by atoms with Crippen LogP contribution in [0.5, 0.6) is 0 Å². The van der Waals surface area contributed by atoms with Crippen LogP contribution in [0.15, 0.2) is 18.2 Å². The molecule has 1 rings (SSSR count). The monoisotopic (exact) mass is 264 g/mol. The van der Waals surface area contributed by atoms with Gasteiger partial charge in [-0.25, -0.2) is 0 Å². The molecule has 0 heterocycles. The topological polar surface area (TPSA) is 95.5 Å². The molecule has 1 atom stereocenters. The zero-order valence-corrected chi connectivity index (χ0v) is 11.0. The standard InChI is InChI=1S/C13H16N2O4/c1-7-4-5-10(14-9(3)16)6-11(7)15-12(17)8(2)13(18)19/h4-6,8H,1-3H3,(H,14,16)(H,15,17)(H,18,19). The van der Waals surface area contributed by atoms with E-state index < -0.39 is 17.8 Å². The molecule has 2 amide bonds. The van der Waals surface area contributed by atoms with E-state index in [9.17, 15) is 14.4 Å². The van der Waals surface area contributed by atoms with Crippen molar-refractivity contribution in [1.82, 2.24) is 0 Å². The molecule has 6 nitrogen and oxygen atoms in total. The molecular weight excluding hydrogens is 248 g/mol. The number of hydrogen-bond donors (Lipinski definition) is 3. The van der Waals surface area contributed by atoms with Crippen LogP contribution >= 0.6 is 0 Å².